The van der Waals surface area contributed by atoms with Gasteiger partial charge in [-0.05, 0) is 86.0 Å². The second-order valence-electron chi connectivity index (χ2n) is 16.1. The van der Waals surface area contributed by atoms with Gasteiger partial charge in [0.25, 0.3) is 12.3 Å². The van der Waals surface area contributed by atoms with Gasteiger partial charge in [-0.15, -0.1) is 0 Å². The Morgan fingerprint density at radius 2 is 1.89 bits per heavy atom. The van der Waals surface area contributed by atoms with E-state index in [2.05, 4.69) is 41.2 Å². The number of para-hydroxylation sites is 1. The number of morpholine rings is 1. The summed E-state index contributed by atoms with van der Waals surface area (Å²) in [5.74, 6) is -0.653. The van der Waals surface area contributed by atoms with Crippen LogP contribution < -0.4 is 27.0 Å². The number of nitrogens with one attached hydrogen (secondary N) is 4. The van der Waals surface area contributed by atoms with E-state index in [4.69, 9.17) is 13.6 Å². The highest BCUT2D eigenvalue weighted by Gasteiger charge is 2.32. The number of alkyl halides is 2. The first-order valence-electron chi connectivity index (χ1n) is 21.1. The number of carbonyl (C=O) groups is 3. The molecule has 3 amide bonds. The van der Waals surface area contributed by atoms with Gasteiger partial charge < -0.3 is 29.5 Å². The molecule has 6 aromatic rings. The van der Waals surface area contributed by atoms with Gasteiger partial charge in [0, 0.05) is 50.9 Å². The van der Waals surface area contributed by atoms with Crippen LogP contribution in [-0.2, 0) is 27.3 Å². The minimum atomic E-state index is -2.94. The van der Waals surface area contributed by atoms with Gasteiger partial charge in [0.1, 0.15) is 18.1 Å². The molecule has 1 unspecified atom stereocenters. The molecule has 0 bridgehead atoms. The van der Waals surface area contributed by atoms with Gasteiger partial charge in [0.15, 0.2) is 17.0 Å². The number of ether oxygens (including phenoxy) is 1. The highest BCUT2D eigenvalue weighted by atomic mass is 19.3. The number of hydrogen-bond acceptors (Lipinski definition) is 13. The summed E-state index contributed by atoms with van der Waals surface area (Å²) in [7, 11) is 0. The lowest BCUT2D eigenvalue weighted by atomic mass is 10.0. The predicted octanol–water partition coefficient (Wildman–Crippen LogP) is 5.24. The van der Waals surface area contributed by atoms with Crippen molar-refractivity contribution in [1.82, 2.24) is 39.8 Å². The van der Waals surface area contributed by atoms with Crippen LogP contribution >= 0.6 is 0 Å². The van der Waals surface area contributed by atoms with Crippen LogP contribution in [0.5, 0.6) is 0 Å². The molecule has 2 aromatic carbocycles. The number of carbonyl (C=O) groups excluding carboxylic acids is 3. The average Bonchev–Trinajstić information content (AvgIpc) is 3.63. The lowest BCUT2D eigenvalue weighted by Crippen LogP contribution is -2.46. The molecule has 2 atom stereocenters. The van der Waals surface area contributed by atoms with E-state index in [0.717, 1.165) is 43.7 Å². The summed E-state index contributed by atoms with van der Waals surface area (Å²) in [6.07, 6.45) is 5.46. The highest BCUT2D eigenvalue weighted by Crippen LogP contribution is 2.31. The monoisotopic (exact) mass is 864 g/mol. The summed E-state index contributed by atoms with van der Waals surface area (Å²) in [5.41, 5.74) is 3.21. The molecule has 0 radical (unpaired) electrons. The number of aromatic nitrogens is 5. The molecule has 1 saturated carbocycles. The van der Waals surface area contributed by atoms with Crippen LogP contribution in [0, 0.1) is 5.92 Å². The Hall–Kier alpha value is -6.57. The molecule has 6 heterocycles. The molecule has 17 nitrogen and oxygen atoms in total. The molecule has 0 spiro atoms. The zero-order valence-electron chi connectivity index (χ0n) is 34.2. The molecular formula is C44H46F2N10O7. The number of pyridine rings is 1. The van der Waals surface area contributed by atoms with Crippen molar-refractivity contribution >= 4 is 40.3 Å². The van der Waals surface area contributed by atoms with Crippen LogP contribution in [0.4, 0.5) is 20.3 Å². The van der Waals surface area contributed by atoms with Crippen LogP contribution in [0.2, 0.25) is 0 Å². The maximum Gasteiger partial charge on any atom is 0.420 e. The van der Waals surface area contributed by atoms with E-state index >= 15 is 0 Å². The Labute approximate surface area is 359 Å². The number of benzene rings is 2. The Morgan fingerprint density at radius 1 is 1.03 bits per heavy atom. The quantitative estimate of drug-likeness (QED) is 0.0868. The molecule has 2 aliphatic heterocycles. The highest BCUT2D eigenvalue weighted by molar-refractivity contribution is 6.03. The molecule has 1 aliphatic carbocycles. The number of nitrogens with zero attached hydrogens (tertiary/aromatic N) is 6. The number of oxazole rings is 2. The maximum atomic E-state index is 14.1. The smallest absolute Gasteiger partial charge is 0.420 e. The van der Waals surface area contributed by atoms with Crippen molar-refractivity contribution in [1.29, 1.82) is 0 Å². The number of rotatable bonds is 17. The molecule has 3 aliphatic rings. The van der Waals surface area contributed by atoms with Crippen LogP contribution in [0.25, 0.3) is 28.2 Å². The summed E-state index contributed by atoms with van der Waals surface area (Å²) < 4.78 is 48.1. The first-order chi connectivity index (χ1) is 30.6. The van der Waals surface area contributed by atoms with E-state index in [0.29, 0.717) is 60.2 Å². The van der Waals surface area contributed by atoms with Crippen molar-refractivity contribution in [3.8, 4) is 17.1 Å². The average molecular weight is 865 g/mol. The molecule has 63 heavy (non-hydrogen) atoms. The number of piperidine rings is 1. The number of aryl methyl sites for hydroxylation is 1. The van der Waals surface area contributed by atoms with Crippen molar-refractivity contribution in [2.45, 2.75) is 63.6 Å². The Balaban J connectivity index is 0.747. The Kier molecular flexibility index (Phi) is 12.2. The van der Waals surface area contributed by atoms with Crippen molar-refractivity contribution in [2.75, 3.05) is 50.0 Å². The number of hydrogen-bond donors (Lipinski definition) is 4. The van der Waals surface area contributed by atoms with Crippen molar-refractivity contribution < 1.29 is 36.7 Å². The number of amides is 3. The van der Waals surface area contributed by atoms with Crippen LogP contribution in [0.1, 0.15) is 71.9 Å². The molecule has 9 rings (SSSR count). The van der Waals surface area contributed by atoms with Gasteiger partial charge in [0.2, 0.25) is 17.7 Å². The molecular weight excluding hydrogens is 819 g/mol. The topological polar surface area (TPSA) is 204 Å². The zero-order valence-corrected chi connectivity index (χ0v) is 34.2. The first-order valence-corrected chi connectivity index (χ1v) is 21.1. The first kappa shape index (κ1) is 41.8. The van der Waals surface area contributed by atoms with E-state index in [-0.39, 0.29) is 42.1 Å². The summed E-state index contributed by atoms with van der Waals surface area (Å²) in [4.78, 5) is 61.1. The number of fused-ring (bicyclic) bond motifs is 1. The normalized spacial score (nSPS) is 18.3. The summed E-state index contributed by atoms with van der Waals surface area (Å²) in [5, 5.41) is 15.7. The third kappa shape index (κ3) is 9.74. The molecule has 4 aromatic heterocycles. The SMILES string of the molecule is O=C1CCC(n2c(=O)oc3c(CCCN4CCO[C@@H](CNCc5ccc(-n6cc(NC(=O)c7coc(-c8ccnc(NCC9CC9)c8)n7)c(C(F)F)n6)cc5)C4)cccc32)C(=O)N1. The van der Waals surface area contributed by atoms with E-state index < -0.39 is 35.7 Å². The fourth-order valence-corrected chi connectivity index (χ4v) is 7.98. The van der Waals surface area contributed by atoms with E-state index in [1.807, 2.05) is 24.3 Å². The van der Waals surface area contributed by atoms with E-state index in [1.54, 1.807) is 36.5 Å². The van der Waals surface area contributed by atoms with Crippen molar-refractivity contribution in [3.05, 3.63) is 106 Å². The number of imide groups is 1. The fraction of sp³-hybridized carbons (Fsp3) is 0.386. The predicted molar refractivity (Wildman–Crippen MR) is 226 cm³/mol. The number of anilines is 2. The molecule has 328 valence electrons. The van der Waals surface area contributed by atoms with Gasteiger partial charge in [0.05, 0.1) is 35.8 Å². The lowest BCUT2D eigenvalue weighted by Gasteiger charge is -2.33. The second-order valence-corrected chi connectivity index (χ2v) is 16.1. The Morgan fingerprint density at radius 3 is 2.70 bits per heavy atom. The van der Waals surface area contributed by atoms with Crippen LogP contribution in [0.15, 0.2) is 86.9 Å². The van der Waals surface area contributed by atoms with E-state index in [1.165, 1.54) is 34.6 Å². The van der Waals surface area contributed by atoms with Gasteiger partial charge in [-0.3, -0.25) is 29.2 Å². The molecule has 3 fully saturated rings. The lowest BCUT2D eigenvalue weighted by molar-refractivity contribution is -0.135. The summed E-state index contributed by atoms with van der Waals surface area (Å²) >= 11 is 0. The fourth-order valence-electron chi connectivity index (χ4n) is 7.98. The van der Waals surface area contributed by atoms with Gasteiger partial charge in [-0.1, -0.05) is 24.3 Å². The van der Waals surface area contributed by atoms with Gasteiger partial charge in [-0.2, -0.15) is 5.10 Å². The minimum Gasteiger partial charge on any atom is -0.444 e. The largest absolute Gasteiger partial charge is 0.444 e. The molecule has 4 N–H and O–H groups in total. The molecule has 19 heteroatoms. The van der Waals surface area contributed by atoms with E-state index in [9.17, 15) is 28.0 Å². The summed E-state index contributed by atoms with van der Waals surface area (Å²) in [6, 6.07) is 15.5. The standard InChI is InChI=1S/C44H46F2N10O7/c45-40(46)38-32(50-41(58)33-25-62-43(51-33)29-14-15-48-36(19-29)49-21-27-6-7-27)24-55(53-38)30-10-8-26(9-11-30)20-47-22-31-23-54(17-18-61-31)16-2-4-28-3-1-5-34-39(28)63-44(60)56(34)35-12-13-37(57)52-42(35)59/h1,3,5,8-11,14-15,19,24-25,27,31,35,40,47H,2,4,6-7,12-13,16-18,20-23H2,(H,48,49)(H,50,58)(H,52,57,59)/t31-,35?/m0/s1. The van der Waals surface area contributed by atoms with Gasteiger partial charge in [-0.25, -0.2) is 28.2 Å². The minimum absolute atomic E-state index is 0.0289. The van der Waals surface area contributed by atoms with Crippen LogP contribution in [-0.4, -0.2) is 92.4 Å². The zero-order chi connectivity index (χ0) is 43.5. The Bertz CT molecular complexity index is 2670. The van der Waals surface area contributed by atoms with Crippen molar-refractivity contribution in [2.24, 2.45) is 5.92 Å². The second kappa shape index (κ2) is 18.4. The maximum absolute atomic E-state index is 14.1. The van der Waals surface area contributed by atoms with Gasteiger partial charge >= 0.3 is 5.76 Å². The van der Waals surface area contributed by atoms with Crippen LogP contribution in [0.3, 0.4) is 0 Å². The summed E-state index contributed by atoms with van der Waals surface area (Å²) in [6.45, 7) is 4.94. The third-order valence-electron chi connectivity index (χ3n) is 11.5. The third-order valence-corrected chi connectivity index (χ3v) is 11.5. The van der Waals surface area contributed by atoms with Crippen molar-refractivity contribution in [3.63, 3.8) is 0 Å². The molecule has 2 saturated heterocycles. The number of halogens is 2.